The Balaban J connectivity index is 2.57. The van der Waals surface area contributed by atoms with E-state index in [9.17, 15) is 0 Å². The standard InChI is InChI=1S/C15H32N2O/c1-12(2)17(9-10-18-5)11-13-7-6-8-15(3,4)14(13)16/h12-14H,6-11,16H2,1-5H3. The van der Waals surface area contributed by atoms with Crippen LogP contribution in [0.15, 0.2) is 0 Å². The van der Waals surface area contributed by atoms with Gasteiger partial charge >= 0.3 is 0 Å². The van der Waals surface area contributed by atoms with Crippen LogP contribution in [0.1, 0.15) is 47.0 Å². The van der Waals surface area contributed by atoms with Crippen molar-refractivity contribution in [2.45, 2.75) is 59.0 Å². The summed E-state index contributed by atoms with van der Waals surface area (Å²) in [6.07, 6.45) is 3.87. The number of hydrogen-bond acceptors (Lipinski definition) is 3. The van der Waals surface area contributed by atoms with Gasteiger partial charge in [-0.1, -0.05) is 20.3 Å². The Bertz CT molecular complexity index is 241. The van der Waals surface area contributed by atoms with E-state index in [1.807, 2.05) is 0 Å². The SMILES string of the molecule is COCCN(CC1CCCC(C)(C)C1N)C(C)C. The Kier molecular flexibility index (Phi) is 6.09. The van der Waals surface area contributed by atoms with Crippen LogP contribution in [0.2, 0.25) is 0 Å². The maximum absolute atomic E-state index is 6.48. The molecule has 1 rings (SSSR count). The highest BCUT2D eigenvalue weighted by atomic mass is 16.5. The Labute approximate surface area is 113 Å². The lowest BCUT2D eigenvalue weighted by atomic mass is 9.68. The summed E-state index contributed by atoms with van der Waals surface area (Å²) in [5, 5.41) is 0. The van der Waals surface area contributed by atoms with Gasteiger partial charge in [0.15, 0.2) is 0 Å². The molecule has 2 atom stereocenters. The van der Waals surface area contributed by atoms with Gasteiger partial charge in [-0.2, -0.15) is 0 Å². The van der Waals surface area contributed by atoms with Crippen molar-refractivity contribution in [3.8, 4) is 0 Å². The first-order valence-electron chi connectivity index (χ1n) is 7.37. The lowest BCUT2D eigenvalue weighted by molar-refractivity contribution is 0.0718. The van der Waals surface area contributed by atoms with E-state index in [1.165, 1.54) is 19.3 Å². The third-order valence-electron chi connectivity index (χ3n) is 4.59. The predicted octanol–water partition coefficient (Wildman–Crippen LogP) is 2.50. The predicted molar refractivity (Wildman–Crippen MR) is 77.7 cm³/mol. The van der Waals surface area contributed by atoms with Gasteiger partial charge in [0.2, 0.25) is 0 Å². The molecule has 0 aromatic heterocycles. The fraction of sp³-hybridized carbons (Fsp3) is 1.00. The highest BCUT2D eigenvalue weighted by molar-refractivity contribution is 4.92. The summed E-state index contributed by atoms with van der Waals surface area (Å²) < 4.78 is 5.21. The van der Waals surface area contributed by atoms with E-state index in [4.69, 9.17) is 10.5 Å². The molecule has 2 unspecified atom stereocenters. The van der Waals surface area contributed by atoms with Crippen molar-refractivity contribution in [3.05, 3.63) is 0 Å². The van der Waals surface area contributed by atoms with Crippen molar-refractivity contribution in [1.82, 2.24) is 4.90 Å². The van der Waals surface area contributed by atoms with Crippen molar-refractivity contribution in [2.75, 3.05) is 26.8 Å². The molecule has 1 aliphatic rings. The largest absolute Gasteiger partial charge is 0.383 e. The van der Waals surface area contributed by atoms with E-state index in [0.717, 1.165) is 19.7 Å². The van der Waals surface area contributed by atoms with E-state index in [-0.39, 0.29) is 0 Å². The van der Waals surface area contributed by atoms with Crippen molar-refractivity contribution in [1.29, 1.82) is 0 Å². The Hall–Kier alpha value is -0.120. The normalized spacial score (nSPS) is 28.0. The minimum Gasteiger partial charge on any atom is -0.383 e. The minimum atomic E-state index is 0.298. The summed E-state index contributed by atoms with van der Waals surface area (Å²) >= 11 is 0. The number of ether oxygens (including phenoxy) is 1. The van der Waals surface area contributed by atoms with Crippen molar-refractivity contribution < 1.29 is 4.74 Å². The topological polar surface area (TPSA) is 38.5 Å². The van der Waals surface area contributed by atoms with Gasteiger partial charge in [0.1, 0.15) is 0 Å². The second-order valence-corrected chi connectivity index (χ2v) is 6.75. The third-order valence-corrected chi connectivity index (χ3v) is 4.59. The molecule has 1 fully saturated rings. The molecule has 0 bridgehead atoms. The average Bonchev–Trinajstić information content (AvgIpc) is 2.29. The first kappa shape index (κ1) is 15.9. The summed E-state index contributed by atoms with van der Waals surface area (Å²) in [6, 6.07) is 0.896. The summed E-state index contributed by atoms with van der Waals surface area (Å²) in [5.74, 6) is 0.632. The number of rotatable bonds is 6. The first-order chi connectivity index (χ1) is 8.38. The molecule has 0 aromatic rings. The van der Waals surface area contributed by atoms with E-state index < -0.39 is 0 Å². The molecule has 1 saturated carbocycles. The fourth-order valence-corrected chi connectivity index (χ4v) is 3.08. The van der Waals surface area contributed by atoms with Crippen LogP contribution < -0.4 is 5.73 Å². The van der Waals surface area contributed by atoms with Gasteiger partial charge in [0, 0.05) is 32.3 Å². The number of nitrogens with two attached hydrogens (primary N) is 1. The lowest BCUT2D eigenvalue weighted by Gasteiger charge is -2.44. The van der Waals surface area contributed by atoms with Crippen LogP contribution in [0.5, 0.6) is 0 Å². The Morgan fingerprint density at radius 2 is 2.06 bits per heavy atom. The van der Waals surface area contributed by atoms with Crippen LogP contribution >= 0.6 is 0 Å². The highest BCUT2D eigenvalue weighted by Gasteiger charge is 2.37. The summed E-state index contributed by atoms with van der Waals surface area (Å²) in [5.41, 5.74) is 6.77. The van der Waals surface area contributed by atoms with Crippen LogP contribution in [0.25, 0.3) is 0 Å². The minimum absolute atomic E-state index is 0.298. The van der Waals surface area contributed by atoms with Crippen LogP contribution in [0.3, 0.4) is 0 Å². The molecule has 108 valence electrons. The quantitative estimate of drug-likeness (QED) is 0.793. The van der Waals surface area contributed by atoms with E-state index in [2.05, 4.69) is 32.6 Å². The molecule has 0 amide bonds. The zero-order chi connectivity index (χ0) is 13.8. The van der Waals surface area contributed by atoms with Gasteiger partial charge in [-0.25, -0.2) is 0 Å². The molecule has 0 spiro atoms. The molecule has 1 aliphatic carbocycles. The van der Waals surface area contributed by atoms with Crippen molar-refractivity contribution in [3.63, 3.8) is 0 Å². The van der Waals surface area contributed by atoms with E-state index >= 15 is 0 Å². The second-order valence-electron chi connectivity index (χ2n) is 6.75. The first-order valence-corrected chi connectivity index (χ1v) is 7.37. The van der Waals surface area contributed by atoms with Gasteiger partial charge in [0.25, 0.3) is 0 Å². The van der Waals surface area contributed by atoms with Crippen LogP contribution in [0.4, 0.5) is 0 Å². The summed E-state index contributed by atoms with van der Waals surface area (Å²) in [4.78, 5) is 2.51. The number of nitrogens with zero attached hydrogens (tertiary/aromatic N) is 1. The average molecular weight is 256 g/mol. The van der Waals surface area contributed by atoms with Gasteiger partial charge in [-0.15, -0.1) is 0 Å². The van der Waals surface area contributed by atoms with Crippen molar-refractivity contribution >= 4 is 0 Å². The maximum atomic E-state index is 6.48. The summed E-state index contributed by atoms with van der Waals surface area (Å²) in [7, 11) is 1.77. The van der Waals surface area contributed by atoms with Gasteiger partial charge in [-0.3, -0.25) is 4.90 Å². The molecule has 0 aliphatic heterocycles. The summed E-state index contributed by atoms with van der Waals surface area (Å²) in [6.45, 7) is 12.1. The maximum Gasteiger partial charge on any atom is 0.0589 e. The third kappa shape index (κ3) is 4.22. The lowest BCUT2D eigenvalue weighted by Crippen LogP contribution is -2.51. The molecule has 0 radical (unpaired) electrons. The molecule has 0 aromatic carbocycles. The fourth-order valence-electron chi connectivity index (χ4n) is 3.08. The van der Waals surface area contributed by atoms with Crippen molar-refractivity contribution in [2.24, 2.45) is 17.1 Å². The Morgan fingerprint density at radius 1 is 1.39 bits per heavy atom. The molecule has 3 heteroatoms. The molecular weight excluding hydrogens is 224 g/mol. The molecule has 2 N–H and O–H groups in total. The second kappa shape index (κ2) is 6.88. The molecule has 0 saturated heterocycles. The van der Waals surface area contributed by atoms with Crippen LogP contribution in [-0.4, -0.2) is 43.8 Å². The van der Waals surface area contributed by atoms with Crippen LogP contribution in [0, 0.1) is 11.3 Å². The van der Waals surface area contributed by atoms with Crippen LogP contribution in [-0.2, 0) is 4.74 Å². The molecule has 3 nitrogen and oxygen atoms in total. The van der Waals surface area contributed by atoms with Gasteiger partial charge < -0.3 is 10.5 Å². The monoisotopic (exact) mass is 256 g/mol. The zero-order valence-electron chi connectivity index (χ0n) is 12.9. The number of methoxy groups -OCH3 is 1. The highest BCUT2D eigenvalue weighted by Crippen LogP contribution is 2.38. The zero-order valence-corrected chi connectivity index (χ0v) is 12.9. The molecular formula is C15H32N2O. The van der Waals surface area contributed by atoms with E-state index in [1.54, 1.807) is 7.11 Å². The van der Waals surface area contributed by atoms with Gasteiger partial charge in [0.05, 0.1) is 6.61 Å². The molecule has 18 heavy (non-hydrogen) atoms. The smallest absolute Gasteiger partial charge is 0.0589 e. The van der Waals surface area contributed by atoms with Gasteiger partial charge in [-0.05, 0) is 38.0 Å². The molecule has 0 heterocycles. The number of hydrogen-bond donors (Lipinski definition) is 1. The van der Waals surface area contributed by atoms with E-state index in [0.29, 0.717) is 23.4 Å². The Morgan fingerprint density at radius 3 is 2.61 bits per heavy atom.